The SMILES string of the molecule is COc1cc2c(cc1OC)[C@H](C)C[C@@H]1[C@@H]2c2ccccc2C(=O)N1Cc1ccccc1. The summed E-state index contributed by atoms with van der Waals surface area (Å²) in [7, 11) is 3.35. The van der Waals surface area contributed by atoms with Crippen LogP contribution in [0.2, 0.25) is 0 Å². The summed E-state index contributed by atoms with van der Waals surface area (Å²) in [6.45, 7) is 2.86. The van der Waals surface area contributed by atoms with Gasteiger partial charge in [-0.05, 0) is 52.8 Å². The maximum Gasteiger partial charge on any atom is 0.254 e. The molecular weight excluding hydrogens is 386 g/mol. The van der Waals surface area contributed by atoms with E-state index in [1.807, 2.05) is 36.4 Å². The number of rotatable bonds is 4. The van der Waals surface area contributed by atoms with Gasteiger partial charge in [0.05, 0.1) is 14.2 Å². The van der Waals surface area contributed by atoms with Gasteiger partial charge in [-0.25, -0.2) is 0 Å². The predicted molar refractivity (Wildman–Crippen MR) is 121 cm³/mol. The van der Waals surface area contributed by atoms with Gasteiger partial charge < -0.3 is 14.4 Å². The number of benzene rings is 3. The number of hydrogen-bond donors (Lipinski definition) is 0. The number of carbonyl (C=O) groups is 1. The molecule has 4 nitrogen and oxygen atoms in total. The Bertz CT molecular complexity index is 1120. The molecule has 0 spiro atoms. The maximum atomic E-state index is 13.6. The van der Waals surface area contributed by atoms with E-state index < -0.39 is 0 Å². The molecule has 3 aromatic rings. The van der Waals surface area contributed by atoms with Crippen molar-refractivity contribution < 1.29 is 14.3 Å². The molecule has 3 atom stereocenters. The topological polar surface area (TPSA) is 38.8 Å². The van der Waals surface area contributed by atoms with Crippen LogP contribution in [0, 0.1) is 0 Å². The van der Waals surface area contributed by atoms with Gasteiger partial charge in [-0.1, -0.05) is 55.5 Å². The first-order chi connectivity index (χ1) is 15.1. The van der Waals surface area contributed by atoms with Gasteiger partial charge in [-0.15, -0.1) is 0 Å². The highest BCUT2D eigenvalue weighted by atomic mass is 16.5. The number of ether oxygens (including phenoxy) is 2. The van der Waals surface area contributed by atoms with Crippen LogP contribution in [0.1, 0.15) is 57.8 Å². The highest BCUT2D eigenvalue weighted by Gasteiger charge is 2.45. The van der Waals surface area contributed by atoms with Crippen LogP contribution in [-0.2, 0) is 6.54 Å². The van der Waals surface area contributed by atoms with Gasteiger partial charge in [0, 0.05) is 24.1 Å². The van der Waals surface area contributed by atoms with Gasteiger partial charge in [0.1, 0.15) is 0 Å². The minimum atomic E-state index is 0.100. The summed E-state index contributed by atoms with van der Waals surface area (Å²) in [5.41, 5.74) is 5.58. The minimum Gasteiger partial charge on any atom is -0.493 e. The summed E-state index contributed by atoms with van der Waals surface area (Å²) in [6, 6.07) is 22.7. The first-order valence-corrected chi connectivity index (χ1v) is 10.8. The van der Waals surface area contributed by atoms with Gasteiger partial charge in [0.25, 0.3) is 5.91 Å². The van der Waals surface area contributed by atoms with Gasteiger partial charge in [0.2, 0.25) is 0 Å². The Morgan fingerprint density at radius 3 is 2.23 bits per heavy atom. The van der Waals surface area contributed by atoms with Crippen LogP contribution < -0.4 is 9.47 Å². The average molecular weight is 414 g/mol. The van der Waals surface area contributed by atoms with Crippen LogP contribution in [0.3, 0.4) is 0 Å². The summed E-state index contributed by atoms with van der Waals surface area (Å²) in [4.78, 5) is 15.7. The van der Waals surface area contributed by atoms with Crippen molar-refractivity contribution >= 4 is 5.91 Å². The maximum absolute atomic E-state index is 13.6. The average Bonchev–Trinajstić information content (AvgIpc) is 2.81. The largest absolute Gasteiger partial charge is 0.493 e. The second-order valence-electron chi connectivity index (χ2n) is 8.52. The van der Waals surface area contributed by atoms with Gasteiger partial charge in [0.15, 0.2) is 11.5 Å². The van der Waals surface area contributed by atoms with Gasteiger partial charge in [-0.3, -0.25) is 4.79 Å². The summed E-state index contributed by atoms with van der Waals surface area (Å²) < 4.78 is 11.2. The van der Waals surface area contributed by atoms with E-state index in [1.165, 1.54) is 11.1 Å². The molecule has 5 rings (SSSR count). The van der Waals surface area contributed by atoms with Crippen molar-refractivity contribution in [2.24, 2.45) is 0 Å². The zero-order chi connectivity index (χ0) is 21.5. The predicted octanol–water partition coefficient (Wildman–Crippen LogP) is 5.37. The van der Waals surface area contributed by atoms with Crippen molar-refractivity contribution in [2.75, 3.05) is 14.2 Å². The van der Waals surface area contributed by atoms with Gasteiger partial charge >= 0.3 is 0 Å². The summed E-state index contributed by atoms with van der Waals surface area (Å²) >= 11 is 0. The standard InChI is InChI=1S/C27H27NO3/c1-17-13-23-26(22-15-25(31-3)24(30-2)14-21(17)22)19-11-7-8-12-20(19)27(29)28(23)16-18-9-5-4-6-10-18/h4-12,14-15,17,23,26H,13,16H2,1-3H3/t17-,23-,26-/m1/s1. The quantitative estimate of drug-likeness (QED) is 0.577. The number of nitrogens with zero attached hydrogens (tertiary/aromatic N) is 1. The smallest absolute Gasteiger partial charge is 0.254 e. The Morgan fingerprint density at radius 2 is 1.52 bits per heavy atom. The first kappa shape index (κ1) is 19.7. The van der Waals surface area contributed by atoms with Crippen LogP contribution in [-0.4, -0.2) is 31.1 Å². The molecule has 3 aromatic carbocycles. The van der Waals surface area contributed by atoms with Crippen molar-refractivity contribution in [1.82, 2.24) is 4.90 Å². The lowest BCUT2D eigenvalue weighted by atomic mass is 9.68. The lowest BCUT2D eigenvalue weighted by Gasteiger charge is -2.47. The second kappa shape index (κ2) is 7.77. The molecule has 158 valence electrons. The van der Waals surface area contributed by atoms with E-state index in [0.717, 1.165) is 34.6 Å². The molecule has 1 amide bonds. The van der Waals surface area contributed by atoms with Crippen LogP contribution in [0.5, 0.6) is 11.5 Å². The number of carbonyl (C=O) groups excluding carboxylic acids is 1. The summed E-state index contributed by atoms with van der Waals surface area (Å²) in [5.74, 6) is 2.04. The lowest BCUT2D eigenvalue weighted by molar-refractivity contribution is 0.0576. The van der Waals surface area contributed by atoms with E-state index in [0.29, 0.717) is 12.5 Å². The van der Waals surface area contributed by atoms with E-state index in [1.54, 1.807) is 14.2 Å². The lowest BCUT2D eigenvalue weighted by Crippen LogP contribution is -2.50. The molecule has 0 radical (unpaired) electrons. The number of hydrogen-bond acceptors (Lipinski definition) is 3. The molecule has 0 N–H and O–H groups in total. The summed E-state index contributed by atoms with van der Waals surface area (Å²) in [6.07, 6.45) is 0.917. The molecule has 0 bridgehead atoms. The molecular formula is C27H27NO3. The fourth-order valence-electron chi connectivity index (χ4n) is 5.36. The zero-order valence-corrected chi connectivity index (χ0v) is 18.2. The molecule has 2 aliphatic rings. The zero-order valence-electron chi connectivity index (χ0n) is 18.2. The number of amides is 1. The summed E-state index contributed by atoms with van der Waals surface area (Å²) in [5, 5.41) is 0. The third kappa shape index (κ3) is 3.18. The molecule has 1 aliphatic heterocycles. The minimum absolute atomic E-state index is 0.100. The Balaban J connectivity index is 1.68. The molecule has 0 aromatic heterocycles. The van der Waals surface area contributed by atoms with Crippen LogP contribution in [0.15, 0.2) is 66.7 Å². The fraction of sp³-hybridized carbons (Fsp3) is 0.296. The van der Waals surface area contributed by atoms with E-state index in [4.69, 9.17) is 9.47 Å². The normalized spacial score (nSPS) is 21.7. The van der Waals surface area contributed by atoms with Crippen molar-refractivity contribution in [3.63, 3.8) is 0 Å². The van der Waals surface area contributed by atoms with Crippen molar-refractivity contribution in [3.05, 3.63) is 94.5 Å². The molecule has 31 heavy (non-hydrogen) atoms. The van der Waals surface area contributed by atoms with Crippen LogP contribution >= 0.6 is 0 Å². The molecule has 0 fully saturated rings. The molecule has 1 heterocycles. The monoisotopic (exact) mass is 413 g/mol. The third-order valence-electron chi connectivity index (χ3n) is 6.82. The van der Waals surface area contributed by atoms with Crippen molar-refractivity contribution in [3.8, 4) is 11.5 Å². The molecule has 1 aliphatic carbocycles. The molecule has 4 heteroatoms. The first-order valence-electron chi connectivity index (χ1n) is 10.8. The van der Waals surface area contributed by atoms with Crippen molar-refractivity contribution in [1.29, 1.82) is 0 Å². The fourth-order valence-corrected chi connectivity index (χ4v) is 5.36. The van der Waals surface area contributed by atoms with Gasteiger partial charge in [-0.2, -0.15) is 0 Å². The Hall–Kier alpha value is -3.27. The van der Waals surface area contributed by atoms with Crippen LogP contribution in [0.4, 0.5) is 0 Å². The highest BCUT2D eigenvalue weighted by Crippen LogP contribution is 2.50. The van der Waals surface area contributed by atoms with E-state index >= 15 is 0 Å². The van der Waals surface area contributed by atoms with E-state index in [-0.39, 0.29) is 17.9 Å². The van der Waals surface area contributed by atoms with Crippen molar-refractivity contribution in [2.45, 2.75) is 37.8 Å². The Morgan fingerprint density at radius 1 is 0.871 bits per heavy atom. The highest BCUT2D eigenvalue weighted by molar-refractivity contribution is 5.98. The molecule has 0 saturated heterocycles. The molecule has 0 unspecified atom stereocenters. The molecule has 0 saturated carbocycles. The Labute approximate surface area is 183 Å². The van der Waals surface area contributed by atoms with E-state index in [2.05, 4.69) is 42.2 Å². The second-order valence-corrected chi connectivity index (χ2v) is 8.52. The van der Waals surface area contributed by atoms with Crippen LogP contribution in [0.25, 0.3) is 0 Å². The number of methoxy groups -OCH3 is 2. The number of fused-ring (bicyclic) bond motifs is 5. The Kier molecular flexibility index (Phi) is 4.93. The van der Waals surface area contributed by atoms with E-state index in [9.17, 15) is 4.79 Å². The third-order valence-corrected chi connectivity index (χ3v) is 6.82.